The van der Waals surface area contributed by atoms with Crippen LogP contribution in [-0.4, -0.2) is 24.4 Å². The first-order valence-electron chi connectivity index (χ1n) is 9.02. The first-order valence-corrected chi connectivity index (χ1v) is 9.84. The van der Waals surface area contributed by atoms with Crippen molar-refractivity contribution in [3.63, 3.8) is 0 Å². The molecule has 3 aromatic rings. The number of rotatable bonds is 4. The summed E-state index contributed by atoms with van der Waals surface area (Å²) < 4.78 is 5.89. The molecule has 1 aromatic heterocycles. The van der Waals surface area contributed by atoms with Gasteiger partial charge < -0.3 is 15.0 Å². The lowest BCUT2D eigenvalue weighted by Crippen LogP contribution is -2.25. The van der Waals surface area contributed by atoms with Crippen LogP contribution < -0.4 is 10.1 Å². The summed E-state index contributed by atoms with van der Waals surface area (Å²) in [5, 5.41) is 13.2. The molecule has 2 aromatic carbocycles. The molecule has 0 bridgehead atoms. The van der Waals surface area contributed by atoms with E-state index in [2.05, 4.69) is 23.3 Å². The number of fused-ring (bicyclic) bond motifs is 1. The van der Waals surface area contributed by atoms with E-state index in [9.17, 15) is 10.1 Å². The third-order valence-corrected chi connectivity index (χ3v) is 5.82. The van der Waals surface area contributed by atoms with Gasteiger partial charge in [0.1, 0.15) is 22.6 Å². The number of nitriles is 1. The molecule has 4 rings (SSSR count). The minimum Gasteiger partial charge on any atom is -0.457 e. The van der Waals surface area contributed by atoms with Gasteiger partial charge in [-0.05, 0) is 43.3 Å². The minimum absolute atomic E-state index is 0.282. The van der Waals surface area contributed by atoms with Gasteiger partial charge in [-0.15, -0.1) is 11.3 Å². The van der Waals surface area contributed by atoms with Crippen molar-refractivity contribution in [3.8, 4) is 17.6 Å². The van der Waals surface area contributed by atoms with Gasteiger partial charge in [0.25, 0.3) is 5.91 Å². The number of carbonyl (C=O) groups excluding carboxylic acids is 1. The monoisotopic (exact) mass is 389 g/mol. The van der Waals surface area contributed by atoms with Crippen molar-refractivity contribution in [2.45, 2.75) is 13.0 Å². The van der Waals surface area contributed by atoms with Crippen molar-refractivity contribution in [2.24, 2.45) is 0 Å². The molecule has 0 saturated heterocycles. The Morgan fingerprint density at radius 2 is 1.93 bits per heavy atom. The van der Waals surface area contributed by atoms with Crippen LogP contribution >= 0.6 is 11.3 Å². The first kappa shape index (κ1) is 18.2. The average Bonchev–Trinajstić information content (AvgIpc) is 3.05. The maximum Gasteiger partial charge on any atom is 0.260 e. The largest absolute Gasteiger partial charge is 0.457 e. The normalized spacial score (nSPS) is 13.4. The summed E-state index contributed by atoms with van der Waals surface area (Å²) in [7, 11) is 2.06. The minimum atomic E-state index is -0.282. The topological polar surface area (TPSA) is 65.4 Å². The zero-order valence-corrected chi connectivity index (χ0v) is 16.3. The van der Waals surface area contributed by atoms with Crippen LogP contribution in [0.3, 0.4) is 0 Å². The number of nitrogens with one attached hydrogen (secondary N) is 1. The summed E-state index contributed by atoms with van der Waals surface area (Å²) in [5.74, 6) is 0.857. The van der Waals surface area contributed by atoms with E-state index in [0.29, 0.717) is 27.6 Å². The molecular formula is C22H19N3O2S. The molecule has 2 heterocycles. The Morgan fingerprint density at radius 3 is 2.71 bits per heavy atom. The van der Waals surface area contributed by atoms with Gasteiger partial charge in [0.05, 0.1) is 11.1 Å². The number of para-hydroxylation sites is 2. The van der Waals surface area contributed by atoms with Crippen LogP contribution in [0.2, 0.25) is 0 Å². The highest BCUT2D eigenvalue weighted by molar-refractivity contribution is 7.16. The third kappa shape index (κ3) is 3.63. The third-order valence-electron chi connectivity index (χ3n) is 4.69. The van der Waals surface area contributed by atoms with Gasteiger partial charge in [0, 0.05) is 18.0 Å². The molecule has 0 saturated carbocycles. The van der Waals surface area contributed by atoms with Crippen LogP contribution in [0.4, 0.5) is 5.00 Å². The van der Waals surface area contributed by atoms with E-state index < -0.39 is 0 Å². The quantitative estimate of drug-likeness (QED) is 0.705. The predicted molar refractivity (Wildman–Crippen MR) is 110 cm³/mol. The van der Waals surface area contributed by atoms with E-state index in [0.717, 1.165) is 30.0 Å². The zero-order valence-electron chi connectivity index (χ0n) is 15.4. The number of nitrogens with zero attached hydrogens (tertiary/aromatic N) is 2. The molecule has 6 heteroatoms. The van der Waals surface area contributed by atoms with Crippen molar-refractivity contribution >= 4 is 22.2 Å². The number of amides is 1. The maximum atomic E-state index is 13.0. The molecule has 1 N–H and O–H groups in total. The Labute approximate surface area is 167 Å². The van der Waals surface area contributed by atoms with E-state index in [1.807, 2.05) is 36.4 Å². The Bertz CT molecular complexity index is 1050. The highest BCUT2D eigenvalue weighted by Gasteiger charge is 2.24. The smallest absolute Gasteiger partial charge is 0.260 e. The van der Waals surface area contributed by atoms with Gasteiger partial charge in [0.2, 0.25) is 0 Å². The molecule has 0 spiro atoms. The van der Waals surface area contributed by atoms with Gasteiger partial charge in [-0.2, -0.15) is 5.26 Å². The second-order valence-corrected chi connectivity index (χ2v) is 7.78. The predicted octanol–water partition coefficient (Wildman–Crippen LogP) is 4.65. The molecule has 0 unspecified atom stereocenters. The lowest BCUT2D eigenvalue weighted by Gasteiger charge is -2.21. The van der Waals surface area contributed by atoms with E-state index >= 15 is 0 Å². The van der Waals surface area contributed by atoms with Gasteiger partial charge in [0.15, 0.2) is 0 Å². The molecule has 1 amide bonds. The van der Waals surface area contributed by atoms with Crippen molar-refractivity contribution in [1.29, 1.82) is 5.26 Å². The zero-order chi connectivity index (χ0) is 19.5. The van der Waals surface area contributed by atoms with E-state index in [1.165, 1.54) is 11.3 Å². The molecule has 0 fully saturated rings. The van der Waals surface area contributed by atoms with Gasteiger partial charge >= 0.3 is 0 Å². The molecule has 1 aliphatic heterocycles. The molecule has 28 heavy (non-hydrogen) atoms. The summed E-state index contributed by atoms with van der Waals surface area (Å²) in [6, 6.07) is 18.7. The molecule has 5 nitrogen and oxygen atoms in total. The molecule has 0 atom stereocenters. The van der Waals surface area contributed by atoms with Gasteiger partial charge in [-0.1, -0.05) is 30.3 Å². The van der Waals surface area contributed by atoms with Gasteiger partial charge in [-0.25, -0.2) is 0 Å². The molecule has 0 aliphatic carbocycles. The highest BCUT2D eigenvalue weighted by atomic mass is 32.1. The molecule has 0 radical (unpaired) electrons. The maximum absolute atomic E-state index is 13.0. The second-order valence-electron chi connectivity index (χ2n) is 6.67. The summed E-state index contributed by atoms with van der Waals surface area (Å²) in [5.41, 5.74) is 2.08. The number of benzene rings is 2. The van der Waals surface area contributed by atoms with Crippen LogP contribution in [0, 0.1) is 11.3 Å². The van der Waals surface area contributed by atoms with Crippen molar-refractivity contribution in [1.82, 2.24) is 4.90 Å². The SMILES string of the molecule is CN1CCc2c(sc(NC(=O)c3ccccc3Oc3ccccc3)c2C#N)C1. The molecule has 140 valence electrons. The second kappa shape index (κ2) is 7.85. The Kier molecular flexibility index (Phi) is 5.11. The fourth-order valence-corrected chi connectivity index (χ4v) is 4.54. The standard InChI is InChI=1S/C22H19N3O2S/c1-25-12-11-16-18(13-23)22(28-20(16)14-25)24-21(26)17-9-5-6-10-19(17)27-15-7-3-2-4-8-15/h2-10H,11-12,14H2,1H3,(H,24,26). The lowest BCUT2D eigenvalue weighted by molar-refractivity contribution is 0.102. The first-order chi connectivity index (χ1) is 13.7. The van der Waals surface area contributed by atoms with Crippen LogP contribution in [-0.2, 0) is 13.0 Å². The van der Waals surface area contributed by atoms with Crippen molar-refractivity contribution in [3.05, 3.63) is 76.2 Å². The molecular weight excluding hydrogens is 370 g/mol. The van der Waals surface area contributed by atoms with Crippen molar-refractivity contribution in [2.75, 3.05) is 18.9 Å². The molecule has 1 aliphatic rings. The van der Waals surface area contributed by atoms with Crippen LogP contribution in [0.1, 0.15) is 26.4 Å². The average molecular weight is 389 g/mol. The number of thiophene rings is 1. The van der Waals surface area contributed by atoms with Crippen LogP contribution in [0.25, 0.3) is 0 Å². The van der Waals surface area contributed by atoms with E-state index in [1.54, 1.807) is 18.2 Å². The van der Waals surface area contributed by atoms with E-state index in [-0.39, 0.29) is 5.91 Å². The summed E-state index contributed by atoms with van der Waals surface area (Å²) in [4.78, 5) is 16.3. The Morgan fingerprint density at radius 1 is 1.18 bits per heavy atom. The fourth-order valence-electron chi connectivity index (χ4n) is 3.27. The fraction of sp³-hybridized carbons (Fsp3) is 0.182. The number of likely N-dealkylation sites (N-methyl/N-ethyl adjacent to an activating group) is 1. The highest BCUT2D eigenvalue weighted by Crippen LogP contribution is 2.37. The number of carbonyl (C=O) groups is 1. The van der Waals surface area contributed by atoms with Crippen molar-refractivity contribution < 1.29 is 9.53 Å². The lowest BCUT2D eigenvalue weighted by atomic mass is 10.0. The number of ether oxygens (including phenoxy) is 1. The Hall–Kier alpha value is -3.14. The van der Waals surface area contributed by atoms with Crippen LogP contribution in [0.15, 0.2) is 54.6 Å². The van der Waals surface area contributed by atoms with Crippen LogP contribution in [0.5, 0.6) is 11.5 Å². The summed E-state index contributed by atoms with van der Waals surface area (Å²) in [6.45, 7) is 1.72. The van der Waals surface area contributed by atoms with Gasteiger partial charge in [-0.3, -0.25) is 4.79 Å². The Balaban J connectivity index is 1.61. The summed E-state index contributed by atoms with van der Waals surface area (Å²) >= 11 is 1.49. The summed E-state index contributed by atoms with van der Waals surface area (Å²) in [6.07, 6.45) is 0.828. The number of hydrogen-bond donors (Lipinski definition) is 1. The van der Waals surface area contributed by atoms with E-state index in [4.69, 9.17) is 4.74 Å². The number of hydrogen-bond acceptors (Lipinski definition) is 5. The number of anilines is 1.